The lowest BCUT2D eigenvalue weighted by Gasteiger charge is -2.17. The largest absolute Gasteiger partial charge is 0.346 e. The Hall–Kier alpha value is -1.62. The summed E-state index contributed by atoms with van der Waals surface area (Å²) in [7, 11) is -3.10. The molecule has 1 amide bonds. The number of nitrogens with one attached hydrogen (secondary N) is 1. The van der Waals surface area contributed by atoms with Crippen LogP contribution in [0.15, 0.2) is 42.0 Å². The van der Waals surface area contributed by atoms with Gasteiger partial charge in [0, 0.05) is 5.57 Å². The van der Waals surface area contributed by atoms with Gasteiger partial charge in [-0.15, -0.1) is 0 Å². The maximum Gasteiger partial charge on any atom is 0.248 e. The van der Waals surface area contributed by atoms with Crippen LogP contribution in [-0.4, -0.2) is 25.8 Å². The normalized spacial score (nSPS) is 18.7. The molecular formula is C14H17NO3S. The first-order chi connectivity index (χ1) is 9.02. The number of hydrogen-bond donors (Lipinski definition) is 1. The molecule has 1 unspecified atom stereocenters. The first-order valence-corrected chi connectivity index (χ1v) is 8.09. The summed E-state index contributed by atoms with van der Waals surface area (Å²) in [6.07, 6.45) is 2.26. The molecule has 0 bridgehead atoms. The second-order valence-electron chi connectivity index (χ2n) is 4.63. The van der Waals surface area contributed by atoms with Crippen molar-refractivity contribution in [1.29, 1.82) is 0 Å². The molecule has 1 N–H and O–H groups in total. The summed E-state index contributed by atoms with van der Waals surface area (Å²) >= 11 is 0. The molecule has 0 aliphatic carbocycles. The fourth-order valence-electron chi connectivity index (χ4n) is 2.10. The maximum absolute atomic E-state index is 12.0. The minimum Gasteiger partial charge on any atom is -0.346 e. The van der Waals surface area contributed by atoms with E-state index in [0.29, 0.717) is 5.57 Å². The topological polar surface area (TPSA) is 63.2 Å². The predicted molar refractivity (Wildman–Crippen MR) is 74.4 cm³/mol. The predicted octanol–water partition coefficient (Wildman–Crippen LogP) is 1.61. The smallest absolute Gasteiger partial charge is 0.248 e. The van der Waals surface area contributed by atoms with Crippen LogP contribution in [0, 0.1) is 0 Å². The first kappa shape index (κ1) is 13.8. The molecule has 1 aliphatic heterocycles. The van der Waals surface area contributed by atoms with E-state index in [1.807, 2.05) is 37.3 Å². The van der Waals surface area contributed by atoms with E-state index in [2.05, 4.69) is 5.32 Å². The average molecular weight is 279 g/mol. The van der Waals surface area contributed by atoms with Crippen LogP contribution in [0.3, 0.4) is 0 Å². The number of sulfone groups is 1. The summed E-state index contributed by atoms with van der Waals surface area (Å²) < 4.78 is 22.7. The molecule has 1 aliphatic rings. The van der Waals surface area contributed by atoms with E-state index < -0.39 is 9.84 Å². The molecule has 5 heteroatoms. The quantitative estimate of drug-likeness (QED) is 0.910. The molecule has 0 fully saturated rings. The highest BCUT2D eigenvalue weighted by Gasteiger charge is 2.25. The molecule has 0 spiro atoms. The Bertz CT molecular complexity index is 590. The third-order valence-corrected chi connectivity index (χ3v) is 4.59. The summed E-state index contributed by atoms with van der Waals surface area (Å²) in [5.74, 6) is -0.459. The third-order valence-electron chi connectivity index (χ3n) is 3.17. The summed E-state index contributed by atoms with van der Waals surface area (Å²) in [4.78, 5) is 12.0. The molecule has 0 radical (unpaired) electrons. The number of amides is 1. The van der Waals surface area contributed by atoms with Crippen LogP contribution in [0.25, 0.3) is 0 Å². The van der Waals surface area contributed by atoms with Crippen molar-refractivity contribution in [2.45, 2.75) is 19.4 Å². The van der Waals surface area contributed by atoms with Gasteiger partial charge in [-0.25, -0.2) is 8.42 Å². The summed E-state index contributed by atoms with van der Waals surface area (Å²) in [5.41, 5.74) is 1.38. The summed E-state index contributed by atoms with van der Waals surface area (Å²) in [6.45, 7) is 1.98. The lowest BCUT2D eigenvalue weighted by molar-refractivity contribution is -0.118. The van der Waals surface area contributed by atoms with Crippen molar-refractivity contribution >= 4 is 15.7 Å². The molecule has 2 rings (SSSR count). The standard InChI is InChI=1S/C14H17NO3S/c1-2-13(11-6-4-3-5-7-11)15-14(16)12-8-9-19(17,18)10-12/h3-8,13H,2,9-10H2,1H3,(H,15,16). The molecule has 0 aromatic heterocycles. The van der Waals surface area contributed by atoms with E-state index in [1.165, 1.54) is 6.08 Å². The molecule has 19 heavy (non-hydrogen) atoms. The molecule has 1 atom stereocenters. The number of hydrogen-bond acceptors (Lipinski definition) is 3. The first-order valence-electron chi connectivity index (χ1n) is 6.27. The highest BCUT2D eigenvalue weighted by molar-refractivity contribution is 7.92. The third kappa shape index (κ3) is 3.44. The number of benzene rings is 1. The van der Waals surface area contributed by atoms with Crippen LogP contribution in [-0.2, 0) is 14.6 Å². The Balaban J connectivity index is 2.06. The fraction of sp³-hybridized carbons (Fsp3) is 0.357. The highest BCUT2D eigenvalue weighted by Crippen LogP contribution is 2.18. The van der Waals surface area contributed by atoms with Crippen LogP contribution in [0.4, 0.5) is 0 Å². The SMILES string of the molecule is CCC(NC(=O)C1=CCS(=O)(=O)C1)c1ccccc1. The van der Waals surface area contributed by atoms with Gasteiger partial charge in [-0.3, -0.25) is 4.79 Å². The van der Waals surface area contributed by atoms with Gasteiger partial charge in [-0.1, -0.05) is 43.3 Å². The summed E-state index contributed by atoms with van der Waals surface area (Å²) in [5, 5.41) is 2.89. The number of carbonyl (C=O) groups excluding carboxylic acids is 1. The maximum atomic E-state index is 12.0. The van der Waals surface area contributed by atoms with Gasteiger partial charge < -0.3 is 5.32 Å². The summed E-state index contributed by atoms with van der Waals surface area (Å²) in [6, 6.07) is 9.58. The Morgan fingerprint density at radius 2 is 2.00 bits per heavy atom. The van der Waals surface area contributed by atoms with Crippen molar-refractivity contribution in [3.8, 4) is 0 Å². The molecule has 1 aromatic rings. The lowest BCUT2D eigenvalue weighted by Crippen LogP contribution is -2.30. The Morgan fingerprint density at radius 3 is 2.53 bits per heavy atom. The van der Waals surface area contributed by atoms with Gasteiger partial charge >= 0.3 is 0 Å². The van der Waals surface area contributed by atoms with Crippen LogP contribution >= 0.6 is 0 Å². The number of carbonyl (C=O) groups is 1. The Morgan fingerprint density at radius 1 is 1.32 bits per heavy atom. The van der Waals surface area contributed by atoms with Crippen molar-refractivity contribution in [3.63, 3.8) is 0 Å². The van der Waals surface area contributed by atoms with E-state index >= 15 is 0 Å². The van der Waals surface area contributed by atoms with Gasteiger partial charge in [-0.05, 0) is 12.0 Å². The van der Waals surface area contributed by atoms with Crippen LogP contribution < -0.4 is 5.32 Å². The van der Waals surface area contributed by atoms with Crippen molar-refractivity contribution in [2.24, 2.45) is 0 Å². The molecule has 0 saturated heterocycles. The molecule has 1 aromatic carbocycles. The molecule has 0 saturated carbocycles. The fourth-order valence-corrected chi connectivity index (χ4v) is 3.39. The van der Waals surface area contributed by atoms with E-state index in [1.54, 1.807) is 0 Å². The van der Waals surface area contributed by atoms with Crippen molar-refractivity contribution in [2.75, 3.05) is 11.5 Å². The van der Waals surface area contributed by atoms with Gasteiger partial charge in [-0.2, -0.15) is 0 Å². The van der Waals surface area contributed by atoms with Crippen LogP contribution in [0.2, 0.25) is 0 Å². The van der Waals surface area contributed by atoms with E-state index in [-0.39, 0.29) is 23.5 Å². The Labute approximate surface area is 113 Å². The van der Waals surface area contributed by atoms with E-state index in [9.17, 15) is 13.2 Å². The number of rotatable bonds is 4. The zero-order valence-electron chi connectivity index (χ0n) is 10.8. The molecule has 4 nitrogen and oxygen atoms in total. The van der Waals surface area contributed by atoms with Gasteiger partial charge in [0.05, 0.1) is 17.5 Å². The van der Waals surface area contributed by atoms with Gasteiger partial charge in [0.15, 0.2) is 9.84 Å². The van der Waals surface area contributed by atoms with Gasteiger partial charge in [0.2, 0.25) is 5.91 Å². The van der Waals surface area contributed by atoms with Gasteiger partial charge in [0.1, 0.15) is 0 Å². The lowest BCUT2D eigenvalue weighted by atomic mass is 10.0. The Kier molecular flexibility index (Phi) is 4.04. The van der Waals surface area contributed by atoms with Gasteiger partial charge in [0.25, 0.3) is 0 Å². The minimum absolute atomic E-state index is 0.0299. The minimum atomic E-state index is -3.10. The second-order valence-corrected chi connectivity index (χ2v) is 6.74. The molecular weight excluding hydrogens is 262 g/mol. The monoisotopic (exact) mass is 279 g/mol. The van der Waals surface area contributed by atoms with E-state index in [0.717, 1.165) is 12.0 Å². The van der Waals surface area contributed by atoms with Crippen molar-refractivity contribution in [1.82, 2.24) is 5.32 Å². The van der Waals surface area contributed by atoms with Crippen LogP contribution in [0.1, 0.15) is 24.9 Å². The zero-order chi connectivity index (χ0) is 13.9. The average Bonchev–Trinajstić information content (AvgIpc) is 2.77. The van der Waals surface area contributed by atoms with E-state index in [4.69, 9.17) is 0 Å². The second kappa shape index (κ2) is 5.57. The molecule has 1 heterocycles. The van der Waals surface area contributed by atoms with Crippen molar-refractivity contribution < 1.29 is 13.2 Å². The van der Waals surface area contributed by atoms with Crippen molar-refractivity contribution in [3.05, 3.63) is 47.5 Å². The zero-order valence-corrected chi connectivity index (χ0v) is 11.6. The highest BCUT2D eigenvalue weighted by atomic mass is 32.2. The van der Waals surface area contributed by atoms with Crippen LogP contribution in [0.5, 0.6) is 0 Å². The molecule has 102 valence electrons.